The van der Waals surface area contributed by atoms with Crippen LogP contribution in [0.5, 0.6) is 0 Å². The Kier molecular flexibility index (Phi) is 7.17. The van der Waals surface area contributed by atoms with Crippen molar-refractivity contribution in [2.45, 2.75) is 0 Å². The summed E-state index contributed by atoms with van der Waals surface area (Å²) in [4.78, 5) is 2.34. The standard InChI is InChI=1S/C52H33NO2/c1-2-10-34(11-3-1)35-20-26-40(27-21-35)53(42-13-8-12-38(33-42)44-16-9-17-46-45-14-4-6-18-48(45)55-52(44)46)41-28-22-36(23-29-41)37-24-30-43-39(32-37)25-31-50-51(43)47-15-5-7-19-49(47)54-50/h1-33H. The second-order valence-corrected chi connectivity index (χ2v) is 14.1. The predicted molar refractivity (Wildman–Crippen MR) is 229 cm³/mol. The molecule has 0 bridgehead atoms. The number of fused-ring (bicyclic) bond motifs is 8. The van der Waals surface area contributed by atoms with Crippen molar-refractivity contribution >= 4 is 71.7 Å². The fourth-order valence-electron chi connectivity index (χ4n) is 8.20. The smallest absolute Gasteiger partial charge is 0.143 e. The maximum atomic E-state index is 6.46. The molecule has 11 rings (SSSR count). The summed E-state index contributed by atoms with van der Waals surface area (Å²) in [5.74, 6) is 0. The van der Waals surface area contributed by atoms with Gasteiger partial charge in [0.05, 0.1) is 0 Å². The molecule has 55 heavy (non-hydrogen) atoms. The minimum Gasteiger partial charge on any atom is -0.456 e. The molecule has 0 saturated heterocycles. The van der Waals surface area contributed by atoms with Crippen LogP contribution in [0.2, 0.25) is 0 Å². The molecular formula is C52H33NO2. The van der Waals surface area contributed by atoms with Crippen molar-refractivity contribution in [1.29, 1.82) is 0 Å². The highest BCUT2D eigenvalue weighted by atomic mass is 16.3. The number of benzene rings is 9. The molecule has 0 atom stereocenters. The van der Waals surface area contributed by atoms with Crippen LogP contribution in [0.15, 0.2) is 209 Å². The fraction of sp³-hybridized carbons (Fsp3) is 0. The lowest BCUT2D eigenvalue weighted by molar-refractivity contribution is 0.669. The molecule has 0 spiro atoms. The molecule has 0 N–H and O–H groups in total. The van der Waals surface area contributed by atoms with Crippen LogP contribution >= 0.6 is 0 Å². The first-order chi connectivity index (χ1) is 27.2. The SMILES string of the molecule is c1ccc(-c2ccc(N(c3ccc(-c4ccc5c(ccc6oc7ccccc7c65)c4)cc3)c3cccc(-c4cccc5c4oc4ccccc45)c3)cc2)cc1. The van der Waals surface area contributed by atoms with Crippen molar-refractivity contribution in [1.82, 2.24) is 0 Å². The molecule has 3 heteroatoms. The van der Waals surface area contributed by atoms with E-state index in [4.69, 9.17) is 8.83 Å². The zero-order valence-electron chi connectivity index (χ0n) is 29.8. The third-order valence-electron chi connectivity index (χ3n) is 10.9. The van der Waals surface area contributed by atoms with Gasteiger partial charge in [-0.1, -0.05) is 140 Å². The summed E-state index contributed by atoms with van der Waals surface area (Å²) in [5, 5.41) is 6.96. The average Bonchev–Trinajstić information content (AvgIpc) is 3.84. The van der Waals surface area contributed by atoms with Crippen molar-refractivity contribution in [3.8, 4) is 33.4 Å². The van der Waals surface area contributed by atoms with Crippen molar-refractivity contribution in [2.24, 2.45) is 0 Å². The lowest BCUT2D eigenvalue weighted by atomic mass is 9.98. The van der Waals surface area contributed by atoms with Crippen LogP contribution in [-0.2, 0) is 0 Å². The fourth-order valence-corrected chi connectivity index (χ4v) is 8.20. The number of nitrogens with zero attached hydrogens (tertiary/aromatic N) is 1. The van der Waals surface area contributed by atoms with E-state index in [9.17, 15) is 0 Å². The second-order valence-electron chi connectivity index (χ2n) is 14.1. The van der Waals surface area contributed by atoms with E-state index < -0.39 is 0 Å². The number of anilines is 3. The second kappa shape index (κ2) is 12.6. The largest absolute Gasteiger partial charge is 0.456 e. The van der Waals surface area contributed by atoms with Gasteiger partial charge in [-0.05, 0) is 99.3 Å². The monoisotopic (exact) mass is 703 g/mol. The molecule has 0 fully saturated rings. The van der Waals surface area contributed by atoms with Crippen LogP contribution in [0, 0.1) is 0 Å². The lowest BCUT2D eigenvalue weighted by Gasteiger charge is -2.26. The summed E-state index contributed by atoms with van der Waals surface area (Å²) in [6.45, 7) is 0. The van der Waals surface area contributed by atoms with Gasteiger partial charge in [0.25, 0.3) is 0 Å². The molecule has 0 aliphatic heterocycles. The summed E-state index contributed by atoms with van der Waals surface area (Å²) in [6, 6.07) is 71.0. The Balaban J connectivity index is 1.00. The number of furan rings is 2. The highest BCUT2D eigenvalue weighted by molar-refractivity contribution is 6.19. The molecule has 3 nitrogen and oxygen atoms in total. The van der Waals surface area contributed by atoms with E-state index in [-0.39, 0.29) is 0 Å². The Labute approximate surface area is 317 Å². The molecule has 9 aromatic carbocycles. The highest BCUT2D eigenvalue weighted by Gasteiger charge is 2.17. The Morgan fingerprint density at radius 2 is 0.909 bits per heavy atom. The minimum atomic E-state index is 0.899. The van der Waals surface area contributed by atoms with Crippen LogP contribution in [-0.4, -0.2) is 0 Å². The molecule has 0 aliphatic rings. The van der Waals surface area contributed by atoms with Crippen molar-refractivity contribution in [3.63, 3.8) is 0 Å². The maximum Gasteiger partial charge on any atom is 0.143 e. The first-order valence-electron chi connectivity index (χ1n) is 18.7. The summed E-state index contributed by atoms with van der Waals surface area (Å²) in [7, 11) is 0. The Morgan fingerprint density at radius 3 is 1.69 bits per heavy atom. The van der Waals surface area contributed by atoms with Crippen molar-refractivity contribution in [3.05, 3.63) is 200 Å². The van der Waals surface area contributed by atoms with Crippen LogP contribution < -0.4 is 4.90 Å². The number of para-hydroxylation sites is 3. The Morgan fingerprint density at radius 1 is 0.309 bits per heavy atom. The van der Waals surface area contributed by atoms with Crippen LogP contribution in [0.1, 0.15) is 0 Å². The topological polar surface area (TPSA) is 29.5 Å². The number of hydrogen-bond acceptors (Lipinski definition) is 3. The van der Waals surface area contributed by atoms with E-state index in [0.29, 0.717) is 0 Å². The minimum absolute atomic E-state index is 0.899. The number of rotatable bonds is 6. The Bertz CT molecular complexity index is 3190. The van der Waals surface area contributed by atoms with Crippen LogP contribution in [0.3, 0.4) is 0 Å². The van der Waals surface area contributed by atoms with E-state index in [2.05, 4.69) is 181 Å². The molecular weight excluding hydrogens is 671 g/mol. The molecule has 11 aromatic rings. The van der Waals surface area contributed by atoms with Gasteiger partial charge < -0.3 is 13.7 Å². The summed E-state index contributed by atoms with van der Waals surface area (Å²) in [6.07, 6.45) is 0. The van der Waals surface area contributed by atoms with Gasteiger partial charge in [-0.25, -0.2) is 0 Å². The van der Waals surface area contributed by atoms with Gasteiger partial charge in [0, 0.05) is 44.2 Å². The van der Waals surface area contributed by atoms with E-state index in [1.807, 2.05) is 24.3 Å². The normalized spacial score (nSPS) is 11.6. The lowest BCUT2D eigenvalue weighted by Crippen LogP contribution is -2.10. The highest BCUT2D eigenvalue weighted by Crippen LogP contribution is 2.42. The van der Waals surface area contributed by atoms with Crippen LogP contribution in [0.25, 0.3) is 88.0 Å². The zero-order valence-corrected chi connectivity index (χ0v) is 29.8. The molecule has 0 unspecified atom stereocenters. The zero-order chi connectivity index (χ0) is 36.3. The molecule has 0 aliphatic carbocycles. The molecule has 2 aromatic heterocycles. The average molecular weight is 704 g/mol. The molecule has 258 valence electrons. The van der Waals surface area contributed by atoms with Gasteiger partial charge >= 0.3 is 0 Å². The van der Waals surface area contributed by atoms with E-state index in [1.165, 1.54) is 32.8 Å². The van der Waals surface area contributed by atoms with Gasteiger partial charge in [-0.2, -0.15) is 0 Å². The third-order valence-corrected chi connectivity index (χ3v) is 10.9. The van der Waals surface area contributed by atoms with Crippen molar-refractivity contribution in [2.75, 3.05) is 4.90 Å². The maximum absolute atomic E-state index is 6.46. The van der Waals surface area contributed by atoms with E-state index in [0.717, 1.165) is 72.2 Å². The van der Waals surface area contributed by atoms with Crippen molar-refractivity contribution < 1.29 is 8.83 Å². The molecule has 2 heterocycles. The first kappa shape index (κ1) is 31.2. The number of hydrogen-bond donors (Lipinski definition) is 0. The third kappa shape index (κ3) is 5.28. The molecule has 0 amide bonds. The van der Waals surface area contributed by atoms with E-state index >= 15 is 0 Å². The van der Waals surface area contributed by atoms with Gasteiger partial charge in [0.1, 0.15) is 22.3 Å². The van der Waals surface area contributed by atoms with E-state index in [1.54, 1.807) is 0 Å². The van der Waals surface area contributed by atoms with Gasteiger partial charge in [-0.3, -0.25) is 0 Å². The summed E-state index contributed by atoms with van der Waals surface area (Å²) in [5.41, 5.74) is 13.7. The Hall–Kier alpha value is -7.36. The summed E-state index contributed by atoms with van der Waals surface area (Å²) >= 11 is 0. The van der Waals surface area contributed by atoms with Gasteiger partial charge in [-0.15, -0.1) is 0 Å². The predicted octanol–water partition coefficient (Wildman–Crippen LogP) is 15.1. The van der Waals surface area contributed by atoms with Gasteiger partial charge in [0.15, 0.2) is 0 Å². The molecule has 0 saturated carbocycles. The first-order valence-corrected chi connectivity index (χ1v) is 18.7. The molecule has 0 radical (unpaired) electrons. The quantitative estimate of drug-likeness (QED) is 0.173. The summed E-state index contributed by atoms with van der Waals surface area (Å²) < 4.78 is 12.6. The van der Waals surface area contributed by atoms with Crippen LogP contribution in [0.4, 0.5) is 17.1 Å². The van der Waals surface area contributed by atoms with Gasteiger partial charge in [0.2, 0.25) is 0 Å².